The van der Waals surface area contributed by atoms with Crippen molar-refractivity contribution < 1.29 is 14.0 Å². The summed E-state index contributed by atoms with van der Waals surface area (Å²) < 4.78 is 14.1. The monoisotopic (exact) mass is 327 g/mol. The summed E-state index contributed by atoms with van der Waals surface area (Å²) in [6.07, 6.45) is 0. The number of hydrogen-bond donors (Lipinski definition) is 2. The summed E-state index contributed by atoms with van der Waals surface area (Å²) in [6.45, 7) is 1.02. The lowest BCUT2D eigenvalue weighted by Crippen LogP contribution is -2.54. The summed E-state index contributed by atoms with van der Waals surface area (Å²) in [7, 11) is 0. The zero-order chi connectivity index (χ0) is 16.9. The summed E-state index contributed by atoms with van der Waals surface area (Å²) in [4.78, 5) is 26.1. The van der Waals surface area contributed by atoms with Crippen molar-refractivity contribution in [3.8, 4) is 0 Å². The molecule has 6 heteroatoms. The number of piperazine rings is 1. The Morgan fingerprint density at radius 2 is 1.88 bits per heavy atom. The third kappa shape index (κ3) is 3.37. The molecular formula is C18H18FN3O2. The van der Waals surface area contributed by atoms with Gasteiger partial charge in [-0.05, 0) is 11.6 Å². The van der Waals surface area contributed by atoms with Crippen molar-refractivity contribution in [2.75, 3.05) is 13.1 Å². The molecule has 2 aromatic rings. The van der Waals surface area contributed by atoms with Gasteiger partial charge in [-0.3, -0.25) is 4.79 Å². The standard InChI is InChI=1S/C18H18FN3O2/c19-15-9-5-4-8-14(15)16-17(23)20-10-11-22(16)18(24)21-12-13-6-2-1-3-7-13/h1-9,16H,10-12H2,(H,20,23)(H,21,24). The van der Waals surface area contributed by atoms with Gasteiger partial charge in [0.05, 0.1) is 0 Å². The highest BCUT2D eigenvalue weighted by Crippen LogP contribution is 2.25. The van der Waals surface area contributed by atoms with Crippen molar-refractivity contribution in [1.82, 2.24) is 15.5 Å². The first kappa shape index (κ1) is 16.0. The molecule has 24 heavy (non-hydrogen) atoms. The lowest BCUT2D eigenvalue weighted by molar-refractivity contribution is -0.127. The van der Waals surface area contributed by atoms with E-state index < -0.39 is 11.9 Å². The Labute approximate surface area is 139 Å². The minimum atomic E-state index is -0.962. The molecule has 1 atom stereocenters. The van der Waals surface area contributed by atoms with E-state index in [9.17, 15) is 14.0 Å². The number of carbonyl (C=O) groups is 2. The lowest BCUT2D eigenvalue weighted by atomic mass is 10.0. The van der Waals surface area contributed by atoms with Crippen molar-refractivity contribution in [1.29, 1.82) is 0 Å². The third-order valence-electron chi connectivity index (χ3n) is 3.96. The first-order valence-electron chi connectivity index (χ1n) is 7.77. The second-order valence-corrected chi connectivity index (χ2v) is 5.55. The van der Waals surface area contributed by atoms with E-state index in [-0.39, 0.29) is 17.5 Å². The second kappa shape index (κ2) is 7.12. The van der Waals surface area contributed by atoms with Crippen molar-refractivity contribution in [2.45, 2.75) is 12.6 Å². The summed E-state index contributed by atoms with van der Waals surface area (Å²) in [5.41, 5.74) is 1.15. The molecule has 0 spiro atoms. The second-order valence-electron chi connectivity index (χ2n) is 5.55. The smallest absolute Gasteiger partial charge is 0.318 e. The van der Waals surface area contributed by atoms with Crippen LogP contribution < -0.4 is 10.6 Å². The van der Waals surface area contributed by atoms with Crippen LogP contribution in [-0.4, -0.2) is 29.9 Å². The minimum absolute atomic E-state index is 0.199. The van der Waals surface area contributed by atoms with E-state index in [0.29, 0.717) is 19.6 Å². The highest BCUT2D eigenvalue weighted by Gasteiger charge is 2.35. The minimum Gasteiger partial charge on any atom is -0.352 e. The number of nitrogens with zero attached hydrogens (tertiary/aromatic N) is 1. The topological polar surface area (TPSA) is 61.4 Å². The van der Waals surface area contributed by atoms with Gasteiger partial charge in [0.25, 0.3) is 0 Å². The molecule has 124 valence electrons. The fourth-order valence-electron chi connectivity index (χ4n) is 2.77. The quantitative estimate of drug-likeness (QED) is 0.908. The van der Waals surface area contributed by atoms with Gasteiger partial charge in [0.2, 0.25) is 5.91 Å². The predicted octanol–water partition coefficient (Wildman–Crippen LogP) is 2.21. The Balaban J connectivity index is 1.77. The van der Waals surface area contributed by atoms with Crippen LogP contribution >= 0.6 is 0 Å². The molecule has 1 heterocycles. The van der Waals surface area contributed by atoms with Gasteiger partial charge in [0, 0.05) is 25.2 Å². The Bertz CT molecular complexity index is 736. The molecule has 0 aromatic heterocycles. The molecule has 2 N–H and O–H groups in total. The maximum absolute atomic E-state index is 14.1. The Morgan fingerprint density at radius 3 is 2.62 bits per heavy atom. The summed E-state index contributed by atoms with van der Waals surface area (Å²) in [5, 5.41) is 5.48. The van der Waals surface area contributed by atoms with E-state index in [1.165, 1.54) is 17.0 Å². The van der Waals surface area contributed by atoms with Crippen LogP contribution in [0.4, 0.5) is 9.18 Å². The van der Waals surface area contributed by atoms with E-state index in [2.05, 4.69) is 10.6 Å². The fourth-order valence-corrected chi connectivity index (χ4v) is 2.77. The molecule has 0 aliphatic carbocycles. The Morgan fingerprint density at radius 1 is 1.17 bits per heavy atom. The number of benzene rings is 2. The third-order valence-corrected chi connectivity index (χ3v) is 3.96. The first-order valence-corrected chi connectivity index (χ1v) is 7.77. The number of nitrogens with one attached hydrogen (secondary N) is 2. The predicted molar refractivity (Wildman–Crippen MR) is 87.5 cm³/mol. The van der Waals surface area contributed by atoms with Gasteiger partial charge in [0.1, 0.15) is 11.9 Å². The van der Waals surface area contributed by atoms with Crippen molar-refractivity contribution in [3.63, 3.8) is 0 Å². The van der Waals surface area contributed by atoms with E-state index in [1.807, 2.05) is 30.3 Å². The highest BCUT2D eigenvalue weighted by molar-refractivity contribution is 5.89. The lowest BCUT2D eigenvalue weighted by Gasteiger charge is -2.35. The molecule has 3 amide bonds. The Hall–Kier alpha value is -2.89. The molecule has 0 saturated carbocycles. The molecule has 0 radical (unpaired) electrons. The number of carbonyl (C=O) groups excluding carboxylic acids is 2. The largest absolute Gasteiger partial charge is 0.352 e. The molecule has 1 fully saturated rings. The van der Waals surface area contributed by atoms with Gasteiger partial charge in [-0.15, -0.1) is 0 Å². The molecule has 1 aliphatic rings. The molecule has 1 unspecified atom stereocenters. The van der Waals surface area contributed by atoms with Gasteiger partial charge in [-0.25, -0.2) is 9.18 Å². The number of halogens is 1. The van der Waals surface area contributed by atoms with E-state index in [0.717, 1.165) is 5.56 Å². The fraction of sp³-hybridized carbons (Fsp3) is 0.222. The number of urea groups is 1. The first-order chi connectivity index (χ1) is 11.7. The maximum Gasteiger partial charge on any atom is 0.318 e. The average molecular weight is 327 g/mol. The molecular weight excluding hydrogens is 309 g/mol. The molecule has 2 aromatic carbocycles. The normalized spacial score (nSPS) is 17.3. The van der Waals surface area contributed by atoms with Gasteiger partial charge in [0.15, 0.2) is 0 Å². The molecule has 0 bridgehead atoms. The zero-order valence-electron chi connectivity index (χ0n) is 13.0. The van der Waals surface area contributed by atoms with Crippen LogP contribution in [0.15, 0.2) is 54.6 Å². The van der Waals surface area contributed by atoms with Gasteiger partial charge in [-0.2, -0.15) is 0 Å². The maximum atomic E-state index is 14.1. The molecule has 3 rings (SSSR count). The highest BCUT2D eigenvalue weighted by atomic mass is 19.1. The number of rotatable bonds is 3. The average Bonchev–Trinajstić information content (AvgIpc) is 2.61. The number of hydrogen-bond acceptors (Lipinski definition) is 2. The van der Waals surface area contributed by atoms with Gasteiger partial charge >= 0.3 is 6.03 Å². The van der Waals surface area contributed by atoms with Crippen molar-refractivity contribution >= 4 is 11.9 Å². The van der Waals surface area contributed by atoms with Gasteiger partial charge < -0.3 is 15.5 Å². The van der Waals surface area contributed by atoms with Gasteiger partial charge in [-0.1, -0.05) is 48.5 Å². The summed E-state index contributed by atoms with van der Waals surface area (Å²) >= 11 is 0. The zero-order valence-corrected chi connectivity index (χ0v) is 13.0. The molecule has 1 aliphatic heterocycles. The van der Waals surface area contributed by atoms with E-state index in [1.54, 1.807) is 12.1 Å². The van der Waals surface area contributed by atoms with Crippen LogP contribution in [0.5, 0.6) is 0 Å². The number of amides is 3. The molecule has 1 saturated heterocycles. The summed E-state index contributed by atoms with van der Waals surface area (Å²) in [6, 6.07) is 14.1. The SMILES string of the molecule is O=C1NCCN(C(=O)NCc2ccccc2)C1c1ccccc1F. The van der Waals surface area contributed by atoms with Crippen LogP contribution in [0, 0.1) is 5.82 Å². The van der Waals surface area contributed by atoms with Crippen LogP contribution in [0.25, 0.3) is 0 Å². The van der Waals surface area contributed by atoms with E-state index in [4.69, 9.17) is 0 Å². The van der Waals surface area contributed by atoms with Crippen molar-refractivity contribution in [3.05, 3.63) is 71.5 Å². The Kier molecular flexibility index (Phi) is 4.74. The van der Waals surface area contributed by atoms with Crippen LogP contribution in [-0.2, 0) is 11.3 Å². The van der Waals surface area contributed by atoms with Crippen LogP contribution in [0.1, 0.15) is 17.2 Å². The van der Waals surface area contributed by atoms with E-state index >= 15 is 0 Å². The van der Waals surface area contributed by atoms with Crippen LogP contribution in [0.2, 0.25) is 0 Å². The van der Waals surface area contributed by atoms with Crippen molar-refractivity contribution in [2.24, 2.45) is 0 Å². The summed E-state index contributed by atoms with van der Waals surface area (Å²) in [5.74, 6) is -0.873. The molecule has 5 nitrogen and oxygen atoms in total. The van der Waals surface area contributed by atoms with Crippen LogP contribution in [0.3, 0.4) is 0 Å².